The first-order valence-corrected chi connectivity index (χ1v) is 8.17. The van der Waals surface area contributed by atoms with Crippen LogP contribution in [-0.2, 0) is 3.74 Å². The van der Waals surface area contributed by atoms with E-state index in [2.05, 4.69) is 0 Å². The Morgan fingerprint density at radius 1 is 0.750 bits per heavy atom. The second-order valence-corrected chi connectivity index (χ2v) is 6.82. The van der Waals surface area contributed by atoms with Gasteiger partial charge in [-0.1, -0.05) is 0 Å². The van der Waals surface area contributed by atoms with Crippen LogP contribution in [0.25, 0.3) is 11.1 Å². The molecule has 0 aliphatic heterocycles. The molecule has 0 aromatic heterocycles. The zero-order valence-corrected chi connectivity index (χ0v) is 10.3. The Morgan fingerprint density at radius 2 is 1.25 bits per heavy atom. The van der Waals surface area contributed by atoms with Crippen molar-refractivity contribution in [3.63, 3.8) is 0 Å². The maximum absolute atomic E-state index is 11.0. The van der Waals surface area contributed by atoms with Crippen LogP contribution < -0.4 is 4.35 Å². The fourth-order valence-corrected chi connectivity index (χ4v) is 2.61. The molecule has 16 heavy (non-hydrogen) atoms. The molecule has 0 heterocycles. The van der Waals surface area contributed by atoms with Crippen molar-refractivity contribution in [1.82, 2.24) is 0 Å². The molecule has 0 unspecified atom stereocenters. The van der Waals surface area contributed by atoms with Crippen molar-refractivity contribution in [2.75, 3.05) is 0 Å². The van der Waals surface area contributed by atoms with E-state index in [0.29, 0.717) is 0 Å². The molecule has 0 spiro atoms. The maximum atomic E-state index is 11.0. The van der Waals surface area contributed by atoms with Gasteiger partial charge in [0.1, 0.15) is 0 Å². The predicted molar refractivity (Wildman–Crippen MR) is 62.4 cm³/mol. The zero-order chi connectivity index (χ0) is 11.6. The van der Waals surface area contributed by atoms with Crippen molar-refractivity contribution in [2.24, 2.45) is 0 Å². The first-order chi connectivity index (χ1) is 7.57. The Balaban J connectivity index is 2.38. The van der Waals surface area contributed by atoms with Crippen LogP contribution in [0.4, 0.5) is 0 Å². The van der Waals surface area contributed by atoms with Gasteiger partial charge in [0.25, 0.3) is 0 Å². The van der Waals surface area contributed by atoms with Crippen LogP contribution in [-0.4, -0.2) is 22.4 Å². The molecule has 0 bridgehead atoms. The standard InChI is InChI=1S/C12H11AsO3/c14-13(15,16)12-8-6-11(7-9-12)10-4-2-1-3-5-10/h1-9H,(H2,14,15,16). The SMILES string of the molecule is O=[As](O)(O)c1ccc(-c2ccccc2)cc1. The van der Waals surface area contributed by atoms with E-state index in [9.17, 15) is 3.74 Å². The Bertz CT molecular complexity index is 514. The predicted octanol–water partition coefficient (Wildman–Crippen LogP) is 0.915. The molecular formula is C12H11AsO3. The quantitative estimate of drug-likeness (QED) is 0.803. The van der Waals surface area contributed by atoms with Gasteiger partial charge in [-0.05, 0) is 0 Å². The van der Waals surface area contributed by atoms with Crippen molar-refractivity contribution >= 4 is 18.5 Å². The molecule has 0 aliphatic carbocycles. The normalized spacial score (nSPS) is 11.4. The monoisotopic (exact) mass is 278 g/mol. The molecule has 0 radical (unpaired) electrons. The van der Waals surface area contributed by atoms with Crippen molar-refractivity contribution in [3.8, 4) is 11.1 Å². The first kappa shape index (κ1) is 11.2. The second-order valence-electron chi connectivity index (χ2n) is 3.46. The van der Waals surface area contributed by atoms with Gasteiger partial charge in [-0.25, -0.2) is 0 Å². The average Bonchev–Trinajstić information content (AvgIpc) is 2.29. The van der Waals surface area contributed by atoms with Crippen LogP contribution in [0.3, 0.4) is 0 Å². The van der Waals surface area contributed by atoms with E-state index in [-0.39, 0.29) is 4.35 Å². The van der Waals surface area contributed by atoms with Crippen molar-refractivity contribution in [3.05, 3.63) is 54.6 Å². The summed E-state index contributed by atoms with van der Waals surface area (Å²) in [6, 6.07) is 16.1. The van der Waals surface area contributed by atoms with Crippen LogP contribution in [0.15, 0.2) is 54.6 Å². The van der Waals surface area contributed by atoms with Crippen LogP contribution in [0.5, 0.6) is 0 Å². The van der Waals surface area contributed by atoms with E-state index >= 15 is 0 Å². The summed E-state index contributed by atoms with van der Waals surface area (Å²) in [5.41, 5.74) is 1.99. The van der Waals surface area contributed by atoms with Crippen LogP contribution >= 0.6 is 0 Å². The number of hydrogen-bond acceptors (Lipinski definition) is 1. The van der Waals surface area contributed by atoms with E-state index in [4.69, 9.17) is 8.19 Å². The van der Waals surface area contributed by atoms with Gasteiger partial charge in [-0.3, -0.25) is 0 Å². The molecule has 0 saturated heterocycles. The summed E-state index contributed by atoms with van der Waals surface area (Å²) in [5, 5.41) is 0. The van der Waals surface area contributed by atoms with Gasteiger partial charge in [-0.2, -0.15) is 0 Å². The van der Waals surface area contributed by atoms with Crippen LogP contribution in [0.1, 0.15) is 0 Å². The van der Waals surface area contributed by atoms with Gasteiger partial charge < -0.3 is 0 Å². The minimum atomic E-state index is -4.74. The van der Waals surface area contributed by atoms with Crippen molar-refractivity contribution < 1.29 is 11.9 Å². The Kier molecular flexibility index (Phi) is 3.01. The summed E-state index contributed by atoms with van der Waals surface area (Å²) in [5.74, 6) is 0. The molecule has 2 aromatic rings. The van der Waals surface area contributed by atoms with E-state index in [1.165, 1.54) is 12.1 Å². The third-order valence-electron chi connectivity index (χ3n) is 2.31. The van der Waals surface area contributed by atoms with Gasteiger partial charge in [-0.15, -0.1) is 0 Å². The van der Waals surface area contributed by atoms with Gasteiger partial charge in [0.2, 0.25) is 0 Å². The zero-order valence-electron chi connectivity index (χ0n) is 8.45. The van der Waals surface area contributed by atoms with Crippen molar-refractivity contribution in [2.45, 2.75) is 0 Å². The third-order valence-corrected chi connectivity index (χ3v) is 4.35. The summed E-state index contributed by atoms with van der Waals surface area (Å²) in [7, 11) is 0. The van der Waals surface area contributed by atoms with Gasteiger partial charge in [0.05, 0.1) is 0 Å². The average molecular weight is 278 g/mol. The molecule has 0 amide bonds. The molecule has 0 fully saturated rings. The Hall–Kier alpha value is -1.28. The van der Waals surface area contributed by atoms with Crippen LogP contribution in [0, 0.1) is 0 Å². The minimum absolute atomic E-state index is 0.109. The summed E-state index contributed by atoms with van der Waals surface area (Å²) in [6.07, 6.45) is 0. The molecule has 4 heteroatoms. The summed E-state index contributed by atoms with van der Waals surface area (Å²) in [4.78, 5) is 0. The number of benzene rings is 2. The molecule has 0 atom stereocenters. The summed E-state index contributed by atoms with van der Waals surface area (Å²) < 4.78 is 29.2. The third kappa shape index (κ3) is 2.45. The summed E-state index contributed by atoms with van der Waals surface area (Å²) >= 11 is -4.74. The van der Waals surface area contributed by atoms with Gasteiger partial charge in [0, 0.05) is 0 Å². The molecular weight excluding hydrogens is 267 g/mol. The Labute approximate surface area is 96.4 Å². The fraction of sp³-hybridized carbons (Fsp3) is 0. The van der Waals surface area contributed by atoms with Crippen LogP contribution in [0.2, 0.25) is 0 Å². The Morgan fingerprint density at radius 3 is 1.75 bits per heavy atom. The molecule has 2 rings (SSSR count). The van der Waals surface area contributed by atoms with E-state index in [1.807, 2.05) is 30.3 Å². The molecule has 3 nitrogen and oxygen atoms in total. The summed E-state index contributed by atoms with van der Waals surface area (Å²) in [6.45, 7) is 0. The topological polar surface area (TPSA) is 57.5 Å². The molecule has 2 aromatic carbocycles. The molecule has 82 valence electrons. The fourth-order valence-electron chi connectivity index (χ4n) is 1.48. The van der Waals surface area contributed by atoms with Gasteiger partial charge in [0.15, 0.2) is 0 Å². The molecule has 2 N–H and O–H groups in total. The van der Waals surface area contributed by atoms with E-state index in [0.717, 1.165) is 11.1 Å². The van der Waals surface area contributed by atoms with Gasteiger partial charge >= 0.3 is 96.2 Å². The first-order valence-electron chi connectivity index (χ1n) is 4.79. The second kappa shape index (κ2) is 4.30. The van der Waals surface area contributed by atoms with E-state index in [1.54, 1.807) is 12.1 Å². The molecule has 0 aliphatic rings. The number of rotatable bonds is 2. The molecule has 0 saturated carbocycles. The number of hydrogen-bond donors (Lipinski definition) is 2. The van der Waals surface area contributed by atoms with E-state index < -0.39 is 14.2 Å². The van der Waals surface area contributed by atoms with Crippen molar-refractivity contribution in [1.29, 1.82) is 0 Å².